The van der Waals surface area contributed by atoms with Crippen molar-refractivity contribution in [1.29, 1.82) is 0 Å². The molecular weight excluding hydrogens is 266 g/mol. The lowest BCUT2D eigenvalue weighted by atomic mass is 10.3. The van der Waals surface area contributed by atoms with Crippen molar-refractivity contribution in [2.75, 3.05) is 44.4 Å². The van der Waals surface area contributed by atoms with Gasteiger partial charge in [0.15, 0.2) is 9.84 Å². The van der Waals surface area contributed by atoms with Crippen LogP contribution in [0, 0.1) is 0 Å². The molecule has 0 radical (unpaired) electrons. The Labute approximate surface area is 117 Å². The highest BCUT2D eigenvalue weighted by Crippen LogP contribution is 2.13. The van der Waals surface area contributed by atoms with Gasteiger partial charge in [0.25, 0.3) is 0 Å². The third kappa shape index (κ3) is 8.57. The van der Waals surface area contributed by atoms with Gasteiger partial charge in [-0.1, -0.05) is 13.3 Å². The summed E-state index contributed by atoms with van der Waals surface area (Å²) in [6, 6.07) is 0. The second kappa shape index (κ2) is 9.69. The van der Waals surface area contributed by atoms with Gasteiger partial charge in [-0.2, -0.15) is 0 Å². The summed E-state index contributed by atoms with van der Waals surface area (Å²) in [5.74, 6) is 0.351. The highest BCUT2D eigenvalue weighted by Gasteiger charge is 2.22. The number of nitrogens with one attached hydrogen (secondary N) is 1. The summed E-state index contributed by atoms with van der Waals surface area (Å²) in [6.45, 7) is 5.46. The molecular formula is C13H27NO4S. The molecule has 19 heavy (non-hydrogen) atoms. The summed E-state index contributed by atoms with van der Waals surface area (Å²) >= 11 is 0. The van der Waals surface area contributed by atoms with E-state index in [9.17, 15) is 8.42 Å². The number of sulfone groups is 1. The summed E-state index contributed by atoms with van der Waals surface area (Å²) in [4.78, 5) is 0. The maximum absolute atomic E-state index is 11.8. The van der Waals surface area contributed by atoms with Crippen LogP contribution in [0.15, 0.2) is 0 Å². The Morgan fingerprint density at radius 3 is 2.84 bits per heavy atom. The van der Waals surface area contributed by atoms with Gasteiger partial charge in [-0.3, -0.25) is 0 Å². The Kier molecular flexibility index (Phi) is 8.61. The van der Waals surface area contributed by atoms with E-state index in [4.69, 9.17) is 9.47 Å². The van der Waals surface area contributed by atoms with Crippen molar-refractivity contribution >= 4 is 9.84 Å². The van der Waals surface area contributed by atoms with Crippen LogP contribution in [0.1, 0.15) is 32.6 Å². The number of hydrogen-bond acceptors (Lipinski definition) is 5. The minimum absolute atomic E-state index is 0.0811. The minimum Gasteiger partial charge on any atom is -0.380 e. The molecule has 0 amide bonds. The number of ether oxygens (including phenoxy) is 2. The molecule has 1 atom stereocenters. The van der Waals surface area contributed by atoms with E-state index >= 15 is 0 Å². The van der Waals surface area contributed by atoms with Crippen molar-refractivity contribution in [3.05, 3.63) is 0 Å². The first-order chi connectivity index (χ1) is 9.14. The van der Waals surface area contributed by atoms with Crippen LogP contribution in [0.4, 0.5) is 0 Å². The molecule has 1 saturated heterocycles. The zero-order valence-corrected chi connectivity index (χ0v) is 12.7. The predicted octanol–water partition coefficient (Wildman–Crippen LogP) is 0.987. The molecule has 0 aromatic heterocycles. The van der Waals surface area contributed by atoms with Crippen LogP contribution >= 0.6 is 0 Å². The Morgan fingerprint density at radius 2 is 2.16 bits per heavy atom. The number of hydrogen-bond donors (Lipinski definition) is 1. The zero-order chi connectivity index (χ0) is 14.0. The molecule has 0 aromatic rings. The van der Waals surface area contributed by atoms with Crippen LogP contribution in [-0.2, 0) is 19.3 Å². The summed E-state index contributed by atoms with van der Waals surface area (Å²) in [5.41, 5.74) is 0. The molecule has 1 heterocycles. The van der Waals surface area contributed by atoms with E-state index in [0.717, 1.165) is 32.3 Å². The van der Waals surface area contributed by atoms with E-state index in [-0.39, 0.29) is 17.6 Å². The van der Waals surface area contributed by atoms with Gasteiger partial charge in [-0.15, -0.1) is 0 Å². The average molecular weight is 293 g/mol. The first kappa shape index (κ1) is 16.9. The lowest BCUT2D eigenvalue weighted by molar-refractivity contribution is 0.127. The molecule has 1 aliphatic heterocycles. The highest BCUT2D eigenvalue weighted by molar-refractivity contribution is 7.91. The molecule has 0 saturated carbocycles. The van der Waals surface area contributed by atoms with Gasteiger partial charge in [-0.25, -0.2) is 8.42 Å². The SMILES string of the molecule is CCCCOCCNCCS(=O)(=O)CC1CCCO1. The smallest absolute Gasteiger partial charge is 0.154 e. The third-order valence-corrected chi connectivity index (χ3v) is 4.82. The quantitative estimate of drug-likeness (QED) is 0.575. The molecule has 1 rings (SSSR count). The lowest BCUT2D eigenvalue weighted by Gasteiger charge is -2.10. The molecule has 1 aliphatic rings. The topological polar surface area (TPSA) is 64.6 Å². The van der Waals surface area contributed by atoms with Crippen molar-refractivity contribution in [2.45, 2.75) is 38.7 Å². The van der Waals surface area contributed by atoms with Crippen LogP contribution in [0.3, 0.4) is 0 Å². The standard InChI is InChI=1S/C13H27NO4S/c1-2-3-8-17-10-6-14-7-11-19(15,16)12-13-5-4-9-18-13/h13-14H,2-12H2,1H3. The van der Waals surface area contributed by atoms with Crippen molar-refractivity contribution in [3.63, 3.8) is 0 Å². The van der Waals surface area contributed by atoms with E-state index in [1.54, 1.807) is 0 Å². The Balaban J connectivity index is 1.98. The summed E-state index contributed by atoms with van der Waals surface area (Å²) < 4.78 is 34.4. The fraction of sp³-hybridized carbons (Fsp3) is 1.00. The minimum atomic E-state index is -2.99. The maximum Gasteiger partial charge on any atom is 0.154 e. The van der Waals surface area contributed by atoms with Gasteiger partial charge in [0, 0.05) is 26.3 Å². The summed E-state index contributed by atoms with van der Waals surface area (Å²) in [6.07, 6.45) is 3.98. The van der Waals surface area contributed by atoms with Crippen molar-refractivity contribution < 1.29 is 17.9 Å². The van der Waals surface area contributed by atoms with Gasteiger partial charge in [0.1, 0.15) is 0 Å². The molecule has 1 fully saturated rings. The average Bonchev–Trinajstić information content (AvgIpc) is 2.84. The largest absolute Gasteiger partial charge is 0.380 e. The second-order valence-corrected chi connectivity index (χ2v) is 7.19. The van der Waals surface area contributed by atoms with Crippen molar-refractivity contribution in [1.82, 2.24) is 5.32 Å². The van der Waals surface area contributed by atoms with Crippen LogP contribution in [0.25, 0.3) is 0 Å². The molecule has 0 bridgehead atoms. The van der Waals surface area contributed by atoms with E-state index in [1.165, 1.54) is 0 Å². The first-order valence-electron chi connectivity index (χ1n) is 7.24. The number of rotatable bonds is 11. The molecule has 0 aromatic carbocycles. The number of unbranched alkanes of at least 4 members (excludes halogenated alkanes) is 1. The first-order valence-corrected chi connectivity index (χ1v) is 9.06. The third-order valence-electron chi connectivity index (χ3n) is 3.12. The fourth-order valence-electron chi connectivity index (χ4n) is 1.99. The fourth-order valence-corrected chi connectivity index (χ4v) is 3.44. The predicted molar refractivity (Wildman–Crippen MR) is 76.2 cm³/mol. The van der Waals surface area contributed by atoms with E-state index in [2.05, 4.69) is 12.2 Å². The molecule has 5 nitrogen and oxygen atoms in total. The van der Waals surface area contributed by atoms with Crippen LogP contribution in [0.2, 0.25) is 0 Å². The highest BCUT2D eigenvalue weighted by atomic mass is 32.2. The Hall–Kier alpha value is -0.170. The zero-order valence-electron chi connectivity index (χ0n) is 11.9. The van der Waals surface area contributed by atoms with Gasteiger partial charge in [0.2, 0.25) is 0 Å². The molecule has 1 unspecified atom stereocenters. The maximum atomic E-state index is 11.8. The molecule has 1 N–H and O–H groups in total. The molecule has 0 aliphatic carbocycles. The van der Waals surface area contributed by atoms with Crippen molar-refractivity contribution in [3.8, 4) is 0 Å². The van der Waals surface area contributed by atoms with Crippen LogP contribution in [-0.4, -0.2) is 58.9 Å². The molecule has 6 heteroatoms. The molecule has 114 valence electrons. The van der Waals surface area contributed by atoms with Crippen LogP contribution in [0.5, 0.6) is 0 Å². The Bertz CT molecular complexity index is 313. The summed E-state index contributed by atoms with van der Waals surface area (Å²) in [5, 5.41) is 3.10. The molecule has 0 spiro atoms. The van der Waals surface area contributed by atoms with Gasteiger partial charge in [0.05, 0.1) is 24.2 Å². The van der Waals surface area contributed by atoms with Gasteiger partial charge >= 0.3 is 0 Å². The van der Waals surface area contributed by atoms with Crippen LogP contribution < -0.4 is 5.32 Å². The van der Waals surface area contributed by atoms with E-state index in [1.807, 2.05) is 0 Å². The summed E-state index contributed by atoms with van der Waals surface area (Å²) in [7, 11) is -2.99. The second-order valence-electron chi connectivity index (χ2n) is 4.97. The normalized spacial score (nSPS) is 19.9. The van der Waals surface area contributed by atoms with Crippen molar-refractivity contribution in [2.24, 2.45) is 0 Å². The Morgan fingerprint density at radius 1 is 1.32 bits per heavy atom. The van der Waals surface area contributed by atoms with E-state index in [0.29, 0.717) is 26.3 Å². The van der Waals surface area contributed by atoms with Gasteiger partial charge in [-0.05, 0) is 19.3 Å². The lowest BCUT2D eigenvalue weighted by Crippen LogP contribution is -2.30. The monoisotopic (exact) mass is 293 g/mol. The van der Waals surface area contributed by atoms with Gasteiger partial charge < -0.3 is 14.8 Å². The van der Waals surface area contributed by atoms with E-state index < -0.39 is 9.84 Å².